The number of aliphatic hydroxyl groups excluding tert-OH is 1. The van der Waals surface area contributed by atoms with Gasteiger partial charge in [0.15, 0.2) is 5.75 Å². The highest BCUT2D eigenvalue weighted by atomic mass is 19.1. The Kier molecular flexibility index (Phi) is 5.01. The van der Waals surface area contributed by atoms with Crippen LogP contribution in [0.5, 0.6) is 11.6 Å². The fraction of sp³-hybridized carbons (Fsp3) is 0.263. The van der Waals surface area contributed by atoms with Crippen molar-refractivity contribution in [3.8, 4) is 11.6 Å². The molecule has 3 rings (SSSR count). The molecule has 1 atom stereocenters. The normalized spacial score (nSPS) is 12.3. The Morgan fingerprint density at radius 3 is 2.88 bits per heavy atom. The van der Waals surface area contributed by atoms with Crippen LogP contribution >= 0.6 is 0 Å². The van der Waals surface area contributed by atoms with Crippen LogP contribution in [0, 0.1) is 11.7 Å². The van der Waals surface area contributed by atoms with Crippen LogP contribution in [0.25, 0.3) is 10.9 Å². The Balaban J connectivity index is 1.87. The summed E-state index contributed by atoms with van der Waals surface area (Å²) in [4.78, 5) is 8.63. The fourth-order valence-corrected chi connectivity index (χ4v) is 2.58. The van der Waals surface area contributed by atoms with Crippen molar-refractivity contribution < 1.29 is 14.2 Å². The molecule has 1 N–H and O–H groups in total. The summed E-state index contributed by atoms with van der Waals surface area (Å²) in [5.41, 5.74) is 1.09. The summed E-state index contributed by atoms with van der Waals surface area (Å²) in [6.45, 7) is 2.20. The Morgan fingerprint density at radius 2 is 2.04 bits per heavy atom. The lowest BCUT2D eigenvalue weighted by atomic mass is 10.0. The third-order valence-electron chi connectivity index (χ3n) is 3.87. The average molecular weight is 326 g/mol. The third kappa shape index (κ3) is 3.68. The number of halogens is 1. The maximum Gasteiger partial charge on any atom is 0.219 e. The second-order valence-electron chi connectivity index (χ2n) is 5.83. The Bertz CT molecular complexity index is 838. The van der Waals surface area contributed by atoms with Gasteiger partial charge in [-0.25, -0.2) is 9.37 Å². The highest BCUT2D eigenvalue weighted by Crippen LogP contribution is 2.27. The van der Waals surface area contributed by atoms with Gasteiger partial charge in [0.2, 0.25) is 5.88 Å². The molecule has 0 saturated carbocycles. The third-order valence-corrected chi connectivity index (χ3v) is 3.87. The summed E-state index contributed by atoms with van der Waals surface area (Å²) in [5, 5.41) is 9.78. The number of benzene rings is 1. The first-order chi connectivity index (χ1) is 11.7. The van der Waals surface area contributed by atoms with Crippen LogP contribution in [0.4, 0.5) is 4.39 Å². The minimum atomic E-state index is -0.374. The molecule has 2 heterocycles. The van der Waals surface area contributed by atoms with Crippen molar-refractivity contribution in [3.63, 3.8) is 0 Å². The van der Waals surface area contributed by atoms with Gasteiger partial charge in [0.1, 0.15) is 11.3 Å². The van der Waals surface area contributed by atoms with Gasteiger partial charge in [0, 0.05) is 24.3 Å². The van der Waals surface area contributed by atoms with Gasteiger partial charge in [-0.3, -0.25) is 4.98 Å². The SMILES string of the molecule is CC(CCO)Cc1ncccc1Oc1ccc2cccc(F)c2n1. The van der Waals surface area contributed by atoms with Gasteiger partial charge in [-0.1, -0.05) is 19.1 Å². The van der Waals surface area contributed by atoms with E-state index in [-0.39, 0.29) is 23.9 Å². The van der Waals surface area contributed by atoms with Crippen LogP contribution < -0.4 is 4.74 Å². The first kappa shape index (κ1) is 16.3. The van der Waals surface area contributed by atoms with E-state index in [1.165, 1.54) is 6.07 Å². The van der Waals surface area contributed by atoms with Crippen LogP contribution in [0.3, 0.4) is 0 Å². The number of pyridine rings is 2. The van der Waals surface area contributed by atoms with Gasteiger partial charge in [-0.05, 0) is 43.0 Å². The molecule has 5 heteroatoms. The van der Waals surface area contributed by atoms with Crippen LogP contribution in [0.1, 0.15) is 19.0 Å². The Hall–Kier alpha value is -2.53. The summed E-state index contributed by atoms with van der Waals surface area (Å²) < 4.78 is 19.7. The van der Waals surface area contributed by atoms with Crippen molar-refractivity contribution in [2.24, 2.45) is 5.92 Å². The number of aromatic nitrogens is 2. The largest absolute Gasteiger partial charge is 0.437 e. The summed E-state index contributed by atoms with van der Waals surface area (Å²) in [6, 6.07) is 12.0. The molecule has 124 valence electrons. The van der Waals surface area contributed by atoms with E-state index in [1.807, 2.05) is 6.07 Å². The van der Waals surface area contributed by atoms with Crippen molar-refractivity contribution in [2.45, 2.75) is 19.8 Å². The van der Waals surface area contributed by atoms with Gasteiger partial charge < -0.3 is 9.84 Å². The van der Waals surface area contributed by atoms with E-state index in [9.17, 15) is 4.39 Å². The lowest BCUT2D eigenvalue weighted by Crippen LogP contribution is -2.05. The summed E-state index contributed by atoms with van der Waals surface area (Å²) in [7, 11) is 0. The molecule has 2 aromatic heterocycles. The lowest BCUT2D eigenvalue weighted by molar-refractivity contribution is 0.261. The van der Waals surface area contributed by atoms with Crippen LogP contribution in [0.15, 0.2) is 48.7 Å². The molecular weight excluding hydrogens is 307 g/mol. The van der Waals surface area contributed by atoms with Crippen molar-refractivity contribution in [1.82, 2.24) is 9.97 Å². The molecule has 0 radical (unpaired) electrons. The first-order valence-corrected chi connectivity index (χ1v) is 7.95. The molecule has 1 unspecified atom stereocenters. The Morgan fingerprint density at radius 1 is 1.17 bits per heavy atom. The number of para-hydroxylation sites is 1. The summed E-state index contributed by atoms with van der Waals surface area (Å²) >= 11 is 0. The number of aliphatic hydroxyl groups is 1. The second kappa shape index (κ2) is 7.36. The molecule has 0 aliphatic rings. The van der Waals surface area contributed by atoms with Crippen molar-refractivity contribution >= 4 is 10.9 Å². The fourth-order valence-electron chi connectivity index (χ4n) is 2.58. The number of ether oxygens (including phenoxy) is 1. The zero-order valence-corrected chi connectivity index (χ0v) is 13.4. The molecule has 0 aliphatic carbocycles. The van der Waals surface area contributed by atoms with E-state index in [2.05, 4.69) is 16.9 Å². The zero-order valence-electron chi connectivity index (χ0n) is 13.4. The maximum absolute atomic E-state index is 13.9. The average Bonchev–Trinajstić information content (AvgIpc) is 2.58. The molecule has 0 aliphatic heterocycles. The molecule has 0 fully saturated rings. The number of hydrogen-bond acceptors (Lipinski definition) is 4. The highest BCUT2D eigenvalue weighted by molar-refractivity contribution is 5.79. The van der Waals surface area contributed by atoms with Crippen molar-refractivity contribution in [3.05, 3.63) is 60.2 Å². The standard InChI is InChI=1S/C19H19FN2O2/c1-13(9-11-23)12-16-17(6-3-10-21-16)24-18-8-7-14-4-2-5-15(20)19(14)22-18/h2-8,10,13,23H,9,11-12H2,1H3. The van der Waals surface area contributed by atoms with Gasteiger partial charge in [-0.2, -0.15) is 0 Å². The van der Waals surface area contributed by atoms with E-state index in [0.29, 0.717) is 24.5 Å². The first-order valence-electron chi connectivity index (χ1n) is 7.95. The molecule has 1 aromatic carbocycles. The minimum Gasteiger partial charge on any atom is -0.437 e. The zero-order chi connectivity index (χ0) is 16.9. The molecular formula is C19H19FN2O2. The number of nitrogens with zero attached hydrogens (tertiary/aromatic N) is 2. The van der Waals surface area contributed by atoms with E-state index >= 15 is 0 Å². The molecule has 3 aromatic rings. The highest BCUT2D eigenvalue weighted by Gasteiger charge is 2.12. The molecule has 24 heavy (non-hydrogen) atoms. The maximum atomic E-state index is 13.9. The van der Waals surface area contributed by atoms with Gasteiger partial charge in [-0.15, -0.1) is 0 Å². The minimum absolute atomic E-state index is 0.149. The number of rotatable bonds is 6. The molecule has 0 saturated heterocycles. The van der Waals surface area contributed by atoms with Gasteiger partial charge in [0.05, 0.1) is 5.69 Å². The lowest BCUT2D eigenvalue weighted by Gasteiger charge is -2.13. The van der Waals surface area contributed by atoms with E-state index in [0.717, 1.165) is 11.1 Å². The van der Waals surface area contributed by atoms with E-state index in [1.54, 1.807) is 36.5 Å². The predicted octanol–water partition coefficient (Wildman–Crippen LogP) is 4.12. The number of fused-ring (bicyclic) bond motifs is 1. The summed E-state index contributed by atoms with van der Waals surface area (Å²) in [5.74, 6) is 0.845. The van der Waals surface area contributed by atoms with Crippen molar-refractivity contribution in [2.75, 3.05) is 6.61 Å². The molecule has 4 nitrogen and oxygen atoms in total. The van der Waals surface area contributed by atoms with Gasteiger partial charge >= 0.3 is 0 Å². The van der Waals surface area contributed by atoms with Gasteiger partial charge in [0.25, 0.3) is 0 Å². The molecule has 0 spiro atoms. The smallest absolute Gasteiger partial charge is 0.219 e. The van der Waals surface area contributed by atoms with Crippen LogP contribution in [-0.2, 0) is 6.42 Å². The van der Waals surface area contributed by atoms with Crippen molar-refractivity contribution in [1.29, 1.82) is 0 Å². The Labute approximate surface area is 140 Å². The molecule has 0 amide bonds. The monoisotopic (exact) mass is 326 g/mol. The molecule has 0 bridgehead atoms. The second-order valence-corrected chi connectivity index (χ2v) is 5.83. The predicted molar refractivity (Wildman–Crippen MR) is 90.6 cm³/mol. The topological polar surface area (TPSA) is 55.2 Å². The van der Waals surface area contributed by atoms with E-state index < -0.39 is 0 Å². The van der Waals surface area contributed by atoms with Crippen LogP contribution in [0.2, 0.25) is 0 Å². The quantitative estimate of drug-likeness (QED) is 0.740. The number of hydrogen-bond donors (Lipinski definition) is 1. The van der Waals surface area contributed by atoms with E-state index in [4.69, 9.17) is 9.84 Å². The van der Waals surface area contributed by atoms with Crippen LogP contribution in [-0.4, -0.2) is 21.7 Å². The summed E-state index contributed by atoms with van der Waals surface area (Å²) in [6.07, 6.45) is 3.11.